The molecule has 5 rings (SSSR count). The van der Waals surface area contributed by atoms with Gasteiger partial charge in [-0.15, -0.1) is 0 Å². The summed E-state index contributed by atoms with van der Waals surface area (Å²) in [4.78, 5) is 32.6. The highest BCUT2D eigenvalue weighted by Gasteiger charge is 2.44. The summed E-state index contributed by atoms with van der Waals surface area (Å²) in [5.74, 6) is 0.212. The lowest BCUT2D eigenvalue weighted by molar-refractivity contribution is 0.0637. The second-order valence-electron chi connectivity index (χ2n) is 7.31. The molecular weight excluding hydrogens is 357 g/mol. The molecule has 2 unspecified atom stereocenters. The standard InChI is InChI=1S/C21H18FN5O/c1-12-9-24-18(11-23-12)21(28)27-15-6-7-19(27)16-10-25-20(26-17(16)8-15)13-2-4-14(22)5-3-13/h2-5,9-11,15,19H,6-8H2,1H3. The molecule has 4 heterocycles. The summed E-state index contributed by atoms with van der Waals surface area (Å²) in [5, 5.41) is 0. The Morgan fingerprint density at radius 3 is 2.64 bits per heavy atom. The first-order valence-electron chi connectivity index (χ1n) is 9.33. The normalized spacial score (nSPS) is 20.1. The number of aryl methyl sites for hydroxylation is 1. The number of hydrogen-bond acceptors (Lipinski definition) is 5. The lowest BCUT2D eigenvalue weighted by Crippen LogP contribution is -2.42. The van der Waals surface area contributed by atoms with Gasteiger partial charge in [0.2, 0.25) is 0 Å². The first kappa shape index (κ1) is 16.9. The molecule has 2 atom stereocenters. The molecule has 0 radical (unpaired) electrons. The number of nitrogens with zero attached hydrogens (tertiary/aromatic N) is 5. The summed E-state index contributed by atoms with van der Waals surface area (Å²) < 4.78 is 13.2. The van der Waals surface area contributed by atoms with Gasteiger partial charge < -0.3 is 4.90 Å². The average molecular weight is 375 g/mol. The van der Waals surface area contributed by atoms with Crippen LogP contribution < -0.4 is 0 Å². The minimum absolute atomic E-state index is 0.0355. The summed E-state index contributed by atoms with van der Waals surface area (Å²) in [6, 6.07) is 6.24. The number of halogens is 1. The fraction of sp³-hybridized carbons (Fsp3) is 0.286. The minimum atomic E-state index is -0.284. The van der Waals surface area contributed by atoms with Crippen molar-refractivity contribution in [2.24, 2.45) is 0 Å². The van der Waals surface area contributed by atoms with Crippen molar-refractivity contribution in [3.63, 3.8) is 0 Å². The molecule has 1 aromatic carbocycles. The van der Waals surface area contributed by atoms with Crippen LogP contribution >= 0.6 is 0 Å². The van der Waals surface area contributed by atoms with Gasteiger partial charge in [0.25, 0.3) is 5.91 Å². The second kappa shape index (κ2) is 6.44. The van der Waals surface area contributed by atoms with E-state index < -0.39 is 0 Å². The van der Waals surface area contributed by atoms with Gasteiger partial charge in [-0.05, 0) is 44.0 Å². The Bertz CT molecular complexity index is 1050. The summed E-state index contributed by atoms with van der Waals surface area (Å²) in [5.41, 5.74) is 3.90. The Kier molecular flexibility index (Phi) is 3.89. The average Bonchev–Trinajstić information content (AvgIpc) is 3.03. The molecule has 1 fully saturated rings. The number of carbonyl (C=O) groups excluding carboxylic acids is 1. The summed E-state index contributed by atoms with van der Waals surface area (Å²) >= 11 is 0. The first-order valence-corrected chi connectivity index (χ1v) is 9.33. The highest BCUT2D eigenvalue weighted by Crippen LogP contribution is 2.43. The molecule has 2 aliphatic heterocycles. The zero-order valence-corrected chi connectivity index (χ0v) is 15.3. The van der Waals surface area contributed by atoms with Crippen LogP contribution in [0, 0.1) is 12.7 Å². The third-order valence-corrected chi connectivity index (χ3v) is 5.53. The molecule has 6 nitrogen and oxygen atoms in total. The van der Waals surface area contributed by atoms with E-state index in [9.17, 15) is 9.18 Å². The predicted molar refractivity (Wildman–Crippen MR) is 99.8 cm³/mol. The topological polar surface area (TPSA) is 71.9 Å². The van der Waals surface area contributed by atoms with Crippen molar-refractivity contribution in [1.82, 2.24) is 24.8 Å². The molecular formula is C21H18FN5O. The van der Waals surface area contributed by atoms with Gasteiger partial charge in [0.1, 0.15) is 11.5 Å². The van der Waals surface area contributed by atoms with Crippen molar-refractivity contribution >= 4 is 5.91 Å². The van der Waals surface area contributed by atoms with Crippen LogP contribution in [0.25, 0.3) is 11.4 Å². The molecule has 2 aliphatic rings. The van der Waals surface area contributed by atoms with Crippen molar-refractivity contribution in [1.29, 1.82) is 0 Å². The Morgan fingerprint density at radius 1 is 1.07 bits per heavy atom. The summed E-state index contributed by atoms with van der Waals surface area (Å²) in [6.07, 6.45) is 7.48. The van der Waals surface area contributed by atoms with Crippen molar-refractivity contribution < 1.29 is 9.18 Å². The zero-order valence-electron chi connectivity index (χ0n) is 15.3. The number of fused-ring (bicyclic) bond motifs is 4. The minimum Gasteiger partial charge on any atom is -0.327 e. The smallest absolute Gasteiger partial charge is 0.274 e. The lowest BCUT2D eigenvalue weighted by Gasteiger charge is -2.35. The molecule has 1 saturated heterocycles. The van der Waals surface area contributed by atoms with Crippen LogP contribution in [0.1, 0.15) is 46.3 Å². The molecule has 0 saturated carbocycles. The lowest BCUT2D eigenvalue weighted by atomic mass is 9.98. The number of amides is 1. The maximum atomic E-state index is 13.2. The van der Waals surface area contributed by atoms with E-state index in [0.29, 0.717) is 17.9 Å². The van der Waals surface area contributed by atoms with E-state index in [-0.39, 0.29) is 23.8 Å². The fourth-order valence-electron chi connectivity index (χ4n) is 4.16. The third kappa shape index (κ3) is 2.74. The van der Waals surface area contributed by atoms with E-state index in [1.165, 1.54) is 12.1 Å². The van der Waals surface area contributed by atoms with Gasteiger partial charge in [-0.3, -0.25) is 9.78 Å². The quantitative estimate of drug-likeness (QED) is 0.687. The van der Waals surface area contributed by atoms with Gasteiger partial charge >= 0.3 is 0 Å². The highest BCUT2D eigenvalue weighted by atomic mass is 19.1. The Labute approximate surface area is 161 Å². The van der Waals surface area contributed by atoms with Crippen LogP contribution in [0.4, 0.5) is 4.39 Å². The molecule has 140 valence electrons. The monoisotopic (exact) mass is 375 g/mol. The number of carbonyl (C=O) groups is 1. The summed E-state index contributed by atoms with van der Waals surface area (Å²) in [6.45, 7) is 1.85. The van der Waals surface area contributed by atoms with Crippen LogP contribution in [0.3, 0.4) is 0 Å². The fourth-order valence-corrected chi connectivity index (χ4v) is 4.16. The molecule has 28 heavy (non-hydrogen) atoms. The maximum Gasteiger partial charge on any atom is 0.274 e. The van der Waals surface area contributed by atoms with E-state index in [1.54, 1.807) is 24.5 Å². The molecule has 2 bridgehead atoms. The van der Waals surface area contributed by atoms with Crippen LogP contribution in [0.2, 0.25) is 0 Å². The van der Waals surface area contributed by atoms with Crippen LogP contribution in [0.15, 0.2) is 42.9 Å². The van der Waals surface area contributed by atoms with E-state index in [2.05, 4.69) is 15.0 Å². The molecule has 0 spiro atoms. The van der Waals surface area contributed by atoms with Gasteiger partial charge in [-0.1, -0.05) is 0 Å². The number of hydrogen-bond donors (Lipinski definition) is 0. The van der Waals surface area contributed by atoms with E-state index in [1.807, 2.05) is 18.0 Å². The van der Waals surface area contributed by atoms with Crippen molar-refractivity contribution in [2.75, 3.05) is 0 Å². The SMILES string of the molecule is Cc1cnc(C(=O)N2C3CCC2c2cnc(-c4ccc(F)cc4)nc2C3)cn1. The molecule has 2 aromatic heterocycles. The van der Waals surface area contributed by atoms with Gasteiger partial charge in [0.05, 0.1) is 23.6 Å². The molecule has 0 N–H and O–H groups in total. The summed E-state index contributed by atoms with van der Waals surface area (Å²) in [7, 11) is 0. The molecule has 0 aliphatic carbocycles. The zero-order chi connectivity index (χ0) is 19.3. The number of benzene rings is 1. The largest absolute Gasteiger partial charge is 0.327 e. The molecule has 1 amide bonds. The van der Waals surface area contributed by atoms with Gasteiger partial charge in [0, 0.05) is 36.0 Å². The van der Waals surface area contributed by atoms with Crippen molar-refractivity contribution in [3.05, 3.63) is 71.3 Å². The van der Waals surface area contributed by atoms with Gasteiger partial charge in [0.15, 0.2) is 5.82 Å². The van der Waals surface area contributed by atoms with Crippen molar-refractivity contribution in [3.8, 4) is 11.4 Å². The first-order chi connectivity index (χ1) is 13.6. The van der Waals surface area contributed by atoms with Crippen LogP contribution in [0.5, 0.6) is 0 Å². The highest BCUT2D eigenvalue weighted by molar-refractivity contribution is 5.93. The van der Waals surface area contributed by atoms with E-state index >= 15 is 0 Å². The Hall–Kier alpha value is -3.22. The van der Waals surface area contributed by atoms with E-state index in [0.717, 1.165) is 35.4 Å². The number of aromatic nitrogens is 4. The van der Waals surface area contributed by atoms with Crippen LogP contribution in [-0.4, -0.2) is 36.8 Å². The predicted octanol–water partition coefficient (Wildman–Crippen LogP) is 3.28. The molecule has 3 aromatic rings. The van der Waals surface area contributed by atoms with Gasteiger partial charge in [-0.2, -0.15) is 0 Å². The number of rotatable bonds is 2. The molecule has 7 heteroatoms. The maximum absolute atomic E-state index is 13.2. The Morgan fingerprint density at radius 2 is 1.89 bits per heavy atom. The van der Waals surface area contributed by atoms with Crippen LogP contribution in [-0.2, 0) is 6.42 Å². The third-order valence-electron chi connectivity index (χ3n) is 5.53. The second-order valence-corrected chi connectivity index (χ2v) is 7.31. The van der Waals surface area contributed by atoms with Gasteiger partial charge in [-0.25, -0.2) is 19.3 Å². The Balaban J connectivity index is 1.47. The van der Waals surface area contributed by atoms with E-state index in [4.69, 9.17) is 4.98 Å². The van der Waals surface area contributed by atoms with Crippen molar-refractivity contribution in [2.45, 2.75) is 38.3 Å².